The van der Waals surface area contributed by atoms with Crippen LogP contribution in [-0.4, -0.2) is 45.9 Å². The van der Waals surface area contributed by atoms with Crippen molar-refractivity contribution in [1.29, 1.82) is 0 Å². The molecule has 5 nitrogen and oxygen atoms in total. The van der Waals surface area contributed by atoms with Gasteiger partial charge in [-0.15, -0.1) is 0 Å². The van der Waals surface area contributed by atoms with Crippen molar-refractivity contribution in [3.05, 3.63) is 35.9 Å². The van der Waals surface area contributed by atoms with Crippen LogP contribution in [0.4, 0.5) is 0 Å². The number of rotatable bonds is 2. The van der Waals surface area contributed by atoms with E-state index in [0.29, 0.717) is 17.7 Å². The molecule has 2 unspecified atom stereocenters. The lowest BCUT2D eigenvalue weighted by Gasteiger charge is -2.22. The summed E-state index contributed by atoms with van der Waals surface area (Å²) >= 11 is 0. The highest BCUT2D eigenvalue weighted by Gasteiger charge is 2.38. The number of fused-ring (bicyclic) bond motifs is 3. The Bertz CT molecular complexity index is 678. The number of hydrogen-bond donors (Lipinski definition) is 1. The van der Waals surface area contributed by atoms with E-state index in [1.807, 2.05) is 29.7 Å². The number of carbonyl (C=O) groups is 1. The molecule has 2 saturated heterocycles. The number of carbonyl (C=O) groups excluding carboxylic acids is 1. The van der Waals surface area contributed by atoms with Gasteiger partial charge in [-0.25, -0.2) is 4.98 Å². The second-order valence-corrected chi connectivity index (χ2v) is 5.93. The van der Waals surface area contributed by atoms with Crippen molar-refractivity contribution in [2.24, 2.45) is 5.92 Å². The minimum atomic E-state index is -0.0567. The van der Waals surface area contributed by atoms with Gasteiger partial charge in [-0.1, -0.05) is 0 Å². The zero-order valence-corrected chi connectivity index (χ0v) is 11.5. The van der Waals surface area contributed by atoms with Crippen LogP contribution in [0.5, 0.6) is 0 Å². The first-order chi connectivity index (χ1) is 9.70. The maximum absolute atomic E-state index is 12.3. The Labute approximate surface area is 117 Å². The van der Waals surface area contributed by atoms with Gasteiger partial charge in [0.25, 0.3) is 5.91 Å². The molecule has 2 aromatic rings. The summed E-state index contributed by atoms with van der Waals surface area (Å²) in [6.45, 7) is 5.33. The maximum atomic E-state index is 12.3. The Balaban J connectivity index is 1.56. The highest BCUT2D eigenvalue weighted by atomic mass is 16.2. The van der Waals surface area contributed by atoms with Crippen molar-refractivity contribution in [3.8, 4) is 0 Å². The van der Waals surface area contributed by atoms with Gasteiger partial charge < -0.3 is 14.6 Å². The maximum Gasteiger partial charge on any atom is 0.271 e. The average Bonchev–Trinajstić information content (AvgIpc) is 3.15. The van der Waals surface area contributed by atoms with E-state index in [-0.39, 0.29) is 5.91 Å². The van der Waals surface area contributed by atoms with Crippen LogP contribution in [0.3, 0.4) is 0 Å². The first kappa shape index (κ1) is 11.9. The summed E-state index contributed by atoms with van der Waals surface area (Å²) in [6.07, 6.45) is 4.79. The van der Waals surface area contributed by atoms with Crippen LogP contribution in [0.25, 0.3) is 5.52 Å². The molecule has 4 heterocycles. The fraction of sp³-hybridized carbons (Fsp3) is 0.467. The highest BCUT2D eigenvalue weighted by molar-refractivity contribution is 5.92. The Hall–Kier alpha value is -1.88. The van der Waals surface area contributed by atoms with Crippen molar-refractivity contribution < 1.29 is 4.79 Å². The van der Waals surface area contributed by atoms with Crippen molar-refractivity contribution in [1.82, 2.24) is 19.6 Å². The molecule has 4 rings (SSSR count). The fourth-order valence-corrected chi connectivity index (χ4v) is 3.45. The monoisotopic (exact) mass is 270 g/mol. The van der Waals surface area contributed by atoms with Crippen LogP contribution in [0.15, 0.2) is 24.5 Å². The highest BCUT2D eigenvalue weighted by Crippen LogP contribution is 2.27. The molecular formula is C15H18N4O. The zero-order valence-electron chi connectivity index (χ0n) is 11.5. The summed E-state index contributed by atoms with van der Waals surface area (Å²) in [5, 5.41) is 3.15. The normalized spacial score (nSPS) is 28.1. The number of aryl methyl sites for hydroxylation is 1. The minimum absolute atomic E-state index is 0.0567. The van der Waals surface area contributed by atoms with Gasteiger partial charge in [0.2, 0.25) is 0 Å². The Kier molecular flexibility index (Phi) is 2.57. The molecule has 2 aliphatic rings. The average molecular weight is 270 g/mol. The fourth-order valence-electron chi connectivity index (χ4n) is 3.45. The van der Waals surface area contributed by atoms with Crippen molar-refractivity contribution in [3.63, 3.8) is 0 Å². The molecule has 20 heavy (non-hydrogen) atoms. The van der Waals surface area contributed by atoms with Gasteiger partial charge in [0.05, 0.1) is 11.7 Å². The lowest BCUT2D eigenvalue weighted by atomic mass is 10.00. The van der Waals surface area contributed by atoms with E-state index in [1.54, 1.807) is 6.20 Å². The van der Waals surface area contributed by atoms with E-state index < -0.39 is 0 Å². The molecule has 1 amide bonds. The van der Waals surface area contributed by atoms with Crippen LogP contribution >= 0.6 is 0 Å². The van der Waals surface area contributed by atoms with E-state index >= 15 is 0 Å². The summed E-state index contributed by atoms with van der Waals surface area (Å²) in [6, 6.07) is 4.33. The summed E-state index contributed by atoms with van der Waals surface area (Å²) in [4.78, 5) is 19.0. The van der Waals surface area contributed by atoms with Gasteiger partial charge in [-0.2, -0.15) is 0 Å². The van der Waals surface area contributed by atoms with Gasteiger partial charge in [0.15, 0.2) is 0 Å². The van der Waals surface area contributed by atoms with Gasteiger partial charge in [-0.05, 0) is 37.9 Å². The number of piperidine rings is 1. The SMILES string of the molecule is Cc1ccc2cnc(C(=O)NC3CN4CC[C@H]3C4)cn12. The van der Waals surface area contributed by atoms with Crippen molar-refractivity contribution in [2.75, 3.05) is 19.6 Å². The minimum Gasteiger partial charge on any atom is -0.346 e. The lowest BCUT2D eigenvalue weighted by Crippen LogP contribution is -2.43. The van der Waals surface area contributed by atoms with Gasteiger partial charge in [-0.3, -0.25) is 4.79 Å². The molecule has 0 spiro atoms. The predicted molar refractivity (Wildman–Crippen MR) is 75.7 cm³/mol. The van der Waals surface area contributed by atoms with E-state index in [9.17, 15) is 4.79 Å². The second kappa shape index (κ2) is 4.31. The smallest absolute Gasteiger partial charge is 0.271 e. The van der Waals surface area contributed by atoms with Crippen molar-refractivity contribution >= 4 is 11.4 Å². The molecule has 3 atom stereocenters. The van der Waals surface area contributed by atoms with Gasteiger partial charge in [0, 0.05) is 31.0 Å². The summed E-state index contributed by atoms with van der Waals surface area (Å²) < 4.78 is 2.01. The predicted octanol–water partition coefficient (Wildman–Crippen LogP) is 1.08. The van der Waals surface area contributed by atoms with Crippen LogP contribution in [0.2, 0.25) is 0 Å². The Morgan fingerprint density at radius 3 is 3.05 bits per heavy atom. The molecule has 2 aromatic heterocycles. The van der Waals surface area contributed by atoms with Gasteiger partial charge in [0.1, 0.15) is 5.69 Å². The first-order valence-electron chi connectivity index (χ1n) is 7.17. The van der Waals surface area contributed by atoms with E-state index in [1.165, 1.54) is 13.0 Å². The Morgan fingerprint density at radius 2 is 2.30 bits per heavy atom. The second-order valence-electron chi connectivity index (χ2n) is 5.93. The summed E-state index contributed by atoms with van der Waals surface area (Å²) in [7, 11) is 0. The molecule has 0 radical (unpaired) electrons. The number of nitrogens with zero attached hydrogens (tertiary/aromatic N) is 3. The van der Waals surface area contributed by atoms with E-state index in [0.717, 1.165) is 24.3 Å². The lowest BCUT2D eigenvalue weighted by molar-refractivity contribution is 0.0919. The molecule has 2 bridgehead atoms. The van der Waals surface area contributed by atoms with Crippen LogP contribution in [-0.2, 0) is 0 Å². The molecule has 0 saturated carbocycles. The first-order valence-corrected chi connectivity index (χ1v) is 7.17. The third kappa shape index (κ3) is 1.81. The third-order valence-electron chi connectivity index (χ3n) is 4.62. The van der Waals surface area contributed by atoms with E-state index in [4.69, 9.17) is 0 Å². The summed E-state index contributed by atoms with van der Waals surface area (Å²) in [5.41, 5.74) is 2.63. The number of hydrogen-bond acceptors (Lipinski definition) is 3. The van der Waals surface area contributed by atoms with Crippen LogP contribution < -0.4 is 5.32 Å². The molecule has 0 aromatic carbocycles. The molecule has 5 heteroatoms. The molecule has 1 N–H and O–H groups in total. The molecule has 104 valence electrons. The quantitative estimate of drug-likeness (QED) is 0.888. The molecule has 2 aliphatic heterocycles. The number of aromatic nitrogens is 2. The summed E-state index contributed by atoms with van der Waals surface area (Å²) in [5.74, 6) is 0.565. The van der Waals surface area contributed by atoms with Gasteiger partial charge >= 0.3 is 0 Å². The Morgan fingerprint density at radius 1 is 1.40 bits per heavy atom. The third-order valence-corrected chi connectivity index (χ3v) is 4.62. The van der Waals surface area contributed by atoms with Crippen LogP contribution in [0.1, 0.15) is 22.6 Å². The molecule has 0 aliphatic carbocycles. The topological polar surface area (TPSA) is 49.6 Å². The zero-order chi connectivity index (χ0) is 13.7. The number of amides is 1. The number of nitrogens with one attached hydrogen (secondary N) is 1. The largest absolute Gasteiger partial charge is 0.346 e. The van der Waals surface area contributed by atoms with Crippen molar-refractivity contribution in [2.45, 2.75) is 19.4 Å². The standard InChI is InChI=1S/C15H18N4O/c1-10-2-3-12-6-16-14(9-19(10)12)15(20)17-13-8-18-5-4-11(13)7-18/h2-3,6,9,11,13H,4-5,7-8H2,1H3,(H,17,20)/t11-,13?/m0/s1. The molecule has 2 fully saturated rings. The molecular weight excluding hydrogens is 252 g/mol. The van der Waals surface area contributed by atoms with Crippen LogP contribution in [0, 0.1) is 12.8 Å². The van der Waals surface area contributed by atoms with E-state index in [2.05, 4.69) is 15.2 Å².